The summed E-state index contributed by atoms with van der Waals surface area (Å²) >= 11 is 0. The predicted molar refractivity (Wildman–Crippen MR) is 41.6 cm³/mol. The Bertz CT molecular complexity index is 333. The van der Waals surface area contributed by atoms with Gasteiger partial charge in [-0.25, -0.2) is 0 Å². The van der Waals surface area contributed by atoms with Gasteiger partial charge in [0.2, 0.25) is 5.95 Å². The lowest BCUT2D eigenvalue weighted by Crippen LogP contribution is -2.34. The predicted octanol–water partition coefficient (Wildman–Crippen LogP) is -2.53. The minimum atomic E-state index is -0.531. The summed E-state index contributed by atoms with van der Waals surface area (Å²) in [6, 6.07) is 0. The van der Waals surface area contributed by atoms with E-state index in [-0.39, 0.29) is 24.7 Å². The number of hydrogen-bond donors (Lipinski definition) is 3. The molecule has 0 radical (unpaired) electrons. The van der Waals surface area contributed by atoms with Crippen molar-refractivity contribution < 1.29 is 5.11 Å². The van der Waals surface area contributed by atoms with Gasteiger partial charge in [0.05, 0.1) is 0 Å². The van der Waals surface area contributed by atoms with E-state index in [1.54, 1.807) is 0 Å². The fraction of sp³-hybridized carbons (Fsp3) is 0.400. The van der Waals surface area contributed by atoms with Gasteiger partial charge in [0, 0.05) is 13.0 Å². The number of anilines is 1. The maximum Gasteiger partial charge on any atom is 0.295 e. The third-order valence-electron chi connectivity index (χ3n) is 1.33. The number of aliphatic hydroxyl groups is 1. The monoisotopic (exact) mass is 171 g/mol. The molecular weight excluding hydrogens is 162 g/mol. The largest absolute Gasteiger partial charge is 0.396 e. The maximum absolute atomic E-state index is 11.1. The molecule has 7 nitrogen and oxygen atoms in total. The Labute approximate surface area is 67.6 Å². The van der Waals surface area contributed by atoms with E-state index >= 15 is 0 Å². The Morgan fingerprint density at radius 2 is 2.17 bits per heavy atom. The van der Waals surface area contributed by atoms with Crippen LogP contribution in [0.1, 0.15) is 5.69 Å². The molecule has 1 aromatic heterocycles. The molecule has 0 unspecified atom stereocenters. The lowest BCUT2D eigenvalue weighted by atomic mass is 10.3. The van der Waals surface area contributed by atoms with Crippen LogP contribution in [0.4, 0.5) is 5.95 Å². The highest BCUT2D eigenvalue weighted by atomic mass is 16.3. The van der Waals surface area contributed by atoms with Crippen molar-refractivity contribution in [1.82, 2.24) is 14.9 Å². The molecule has 1 heterocycles. The minimum Gasteiger partial charge on any atom is -0.396 e. The van der Waals surface area contributed by atoms with Crippen LogP contribution in [0.5, 0.6) is 0 Å². The van der Waals surface area contributed by atoms with Crippen LogP contribution in [-0.2, 0) is 6.42 Å². The number of nitrogen functional groups attached to an aromatic ring is 2. The average molecular weight is 171 g/mol. The number of nitrogens with two attached hydrogens (primary N) is 2. The third kappa shape index (κ3) is 1.35. The van der Waals surface area contributed by atoms with E-state index < -0.39 is 5.56 Å². The summed E-state index contributed by atoms with van der Waals surface area (Å²) in [5.74, 6) is 5.06. The highest BCUT2D eigenvalue weighted by Crippen LogP contribution is 1.87. The molecule has 0 fully saturated rings. The Kier molecular flexibility index (Phi) is 2.24. The molecule has 0 saturated heterocycles. The zero-order chi connectivity index (χ0) is 9.14. The minimum absolute atomic E-state index is 0.106. The van der Waals surface area contributed by atoms with Crippen LogP contribution in [-0.4, -0.2) is 26.6 Å². The van der Waals surface area contributed by atoms with E-state index in [0.29, 0.717) is 4.68 Å². The molecule has 0 aliphatic rings. The summed E-state index contributed by atoms with van der Waals surface area (Å²) in [4.78, 5) is 11.1. The molecule has 66 valence electrons. The Hall–Kier alpha value is -1.63. The summed E-state index contributed by atoms with van der Waals surface area (Å²) in [5.41, 5.74) is 4.76. The van der Waals surface area contributed by atoms with Crippen molar-refractivity contribution in [3.05, 3.63) is 16.0 Å². The van der Waals surface area contributed by atoms with Crippen LogP contribution in [0, 0.1) is 0 Å². The Balaban J connectivity index is 3.18. The number of rotatable bonds is 2. The second-order valence-electron chi connectivity index (χ2n) is 2.15. The molecule has 1 rings (SSSR count). The Morgan fingerprint density at radius 1 is 1.50 bits per heavy atom. The maximum atomic E-state index is 11.1. The van der Waals surface area contributed by atoms with Gasteiger partial charge in [-0.2, -0.15) is 4.68 Å². The van der Waals surface area contributed by atoms with Crippen molar-refractivity contribution in [2.45, 2.75) is 6.42 Å². The second-order valence-corrected chi connectivity index (χ2v) is 2.15. The summed E-state index contributed by atoms with van der Waals surface area (Å²) in [6.07, 6.45) is 0.128. The van der Waals surface area contributed by atoms with E-state index in [1.807, 2.05) is 0 Å². The van der Waals surface area contributed by atoms with E-state index in [4.69, 9.17) is 16.7 Å². The van der Waals surface area contributed by atoms with Gasteiger partial charge < -0.3 is 16.7 Å². The quantitative estimate of drug-likeness (QED) is 0.422. The van der Waals surface area contributed by atoms with Crippen LogP contribution >= 0.6 is 0 Å². The second kappa shape index (κ2) is 3.18. The molecule has 0 aliphatic carbocycles. The standard InChI is InChI=1S/C5H9N5O2/c6-5-9-8-3(1-2-11)4(12)10(5)7/h11H,1-2,7H2,(H2,6,9). The van der Waals surface area contributed by atoms with Gasteiger partial charge in [-0.05, 0) is 0 Å². The SMILES string of the molecule is Nc1nnc(CCO)c(=O)n1N. The number of aromatic nitrogens is 3. The lowest BCUT2D eigenvalue weighted by molar-refractivity contribution is 0.297. The summed E-state index contributed by atoms with van der Waals surface area (Å²) in [7, 11) is 0. The molecule has 0 bridgehead atoms. The van der Waals surface area contributed by atoms with E-state index in [0.717, 1.165) is 0 Å². The van der Waals surface area contributed by atoms with Crippen LogP contribution in [0.2, 0.25) is 0 Å². The van der Waals surface area contributed by atoms with Crippen molar-refractivity contribution in [3.8, 4) is 0 Å². The van der Waals surface area contributed by atoms with Gasteiger partial charge in [-0.15, -0.1) is 10.2 Å². The average Bonchev–Trinajstić information content (AvgIpc) is 2.07. The Morgan fingerprint density at radius 3 is 2.75 bits per heavy atom. The van der Waals surface area contributed by atoms with Crippen LogP contribution in [0.15, 0.2) is 4.79 Å². The number of hydrogen-bond acceptors (Lipinski definition) is 6. The van der Waals surface area contributed by atoms with Crippen molar-refractivity contribution in [2.24, 2.45) is 0 Å². The first-order valence-electron chi connectivity index (χ1n) is 3.27. The molecule has 0 atom stereocenters. The van der Waals surface area contributed by atoms with Crippen LogP contribution in [0.3, 0.4) is 0 Å². The van der Waals surface area contributed by atoms with Crippen LogP contribution < -0.4 is 17.1 Å². The van der Waals surface area contributed by atoms with Gasteiger partial charge in [-0.1, -0.05) is 0 Å². The van der Waals surface area contributed by atoms with Crippen molar-refractivity contribution in [3.63, 3.8) is 0 Å². The first-order valence-corrected chi connectivity index (χ1v) is 3.27. The number of aliphatic hydroxyl groups excluding tert-OH is 1. The van der Waals surface area contributed by atoms with E-state index in [2.05, 4.69) is 10.2 Å². The molecule has 0 saturated carbocycles. The molecule has 0 aromatic carbocycles. The molecule has 7 heteroatoms. The van der Waals surface area contributed by atoms with E-state index in [9.17, 15) is 4.79 Å². The topological polar surface area (TPSA) is 120 Å². The zero-order valence-electron chi connectivity index (χ0n) is 6.27. The highest BCUT2D eigenvalue weighted by Gasteiger charge is 2.05. The molecule has 0 amide bonds. The fourth-order valence-electron chi connectivity index (χ4n) is 0.708. The molecular formula is C5H9N5O2. The summed E-state index contributed by atoms with van der Waals surface area (Å²) in [5, 5.41) is 15.4. The normalized spacial score (nSPS) is 10.1. The van der Waals surface area contributed by atoms with Gasteiger partial charge in [0.25, 0.3) is 5.56 Å². The van der Waals surface area contributed by atoms with Gasteiger partial charge in [0.15, 0.2) is 0 Å². The van der Waals surface area contributed by atoms with Gasteiger partial charge in [0.1, 0.15) is 5.69 Å². The molecule has 12 heavy (non-hydrogen) atoms. The molecule has 0 spiro atoms. The molecule has 5 N–H and O–H groups in total. The van der Waals surface area contributed by atoms with Gasteiger partial charge >= 0.3 is 0 Å². The molecule has 1 aromatic rings. The fourth-order valence-corrected chi connectivity index (χ4v) is 0.708. The smallest absolute Gasteiger partial charge is 0.295 e. The van der Waals surface area contributed by atoms with Crippen molar-refractivity contribution in [2.75, 3.05) is 18.2 Å². The van der Waals surface area contributed by atoms with Crippen LogP contribution in [0.25, 0.3) is 0 Å². The van der Waals surface area contributed by atoms with Crippen molar-refractivity contribution >= 4 is 5.95 Å². The molecule has 0 aliphatic heterocycles. The first kappa shape index (κ1) is 8.47. The summed E-state index contributed by atoms with van der Waals surface area (Å²) < 4.78 is 0.692. The van der Waals surface area contributed by atoms with Gasteiger partial charge in [-0.3, -0.25) is 4.79 Å². The zero-order valence-corrected chi connectivity index (χ0v) is 6.27. The summed E-state index contributed by atoms with van der Waals surface area (Å²) in [6.45, 7) is -0.173. The third-order valence-corrected chi connectivity index (χ3v) is 1.33. The number of nitrogens with zero attached hydrogens (tertiary/aromatic N) is 3. The highest BCUT2D eigenvalue weighted by molar-refractivity contribution is 5.15. The lowest BCUT2D eigenvalue weighted by Gasteiger charge is -2.01. The first-order chi connectivity index (χ1) is 5.66. The van der Waals surface area contributed by atoms with Crippen molar-refractivity contribution in [1.29, 1.82) is 0 Å². The van der Waals surface area contributed by atoms with E-state index in [1.165, 1.54) is 0 Å².